The zero-order valence-electron chi connectivity index (χ0n) is 21.0. The van der Waals surface area contributed by atoms with Crippen molar-refractivity contribution in [1.29, 1.82) is 0 Å². The maximum atomic E-state index is 11.8. The van der Waals surface area contributed by atoms with Crippen LogP contribution in [-0.2, 0) is 0 Å². The summed E-state index contributed by atoms with van der Waals surface area (Å²) in [5.74, 6) is 0.00938. The van der Waals surface area contributed by atoms with E-state index in [0.29, 0.717) is 6.54 Å². The van der Waals surface area contributed by atoms with Gasteiger partial charge in [-0.15, -0.1) is 9.24 Å². The molecule has 0 saturated carbocycles. The molecule has 1 fully saturated rings. The van der Waals surface area contributed by atoms with E-state index < -0.39 is 0 Å². The number of piperazine rings is 1. The van der Waals surface area contributed by atoms with Crippen LogP contribution < -0.4 is 21.7 Å². The van der Waals surface area contributed by atoms with Crippen LogP contribution in [0.1, 0.15) is 51.4 Å². The third-order valence-electron chi connectivity index (χ3n) is 4.22. The Morgan fingerprint density at radius 2 is 1.74 bits per heavy atom. The van der Waals surface area contributed by atoms with E-state index in [0.717, 1.165) is 49.3 Å². The van der Waals surface area contributed by atoms with E-state index in [1.165, 1.54) is 13.0 Å². The van der Waals surface area contributed by atoms with E-state index in [-0.39, 0.29) is 5.91 Å². The lowest BCUT2D eigenvalue weighted by Crippen LogP contribution is -2.46. The molecular formula is C24H48N5OP. The molecule has 0 aromatic heterocycles. The molecule has 31 heavy (non-hydrogen) atoms. The van der Waals surface area contributed by atoms with Crippen LogP contribution in [0, 0.1) is 0 Å². The number of carbonyl (C=O) groups is 1. The minimum absolute atomic E-state index is 0.00938. The fraction of sp³-hybridized carbons (Fsp3) is 0.625. The summed E-state index contributed by atoms with van der Waals surface area (Å²) in [4.78, 5) is 16.4. The minimum Gasteiger partial charge on any atom is -0.403 e. The molecule has 1 unspecified atom stereocenters. The smallest absolute Gasteiger partial charge is 0.251 e. The summed E-state index contributed by atoms with van der Waals surface area (Å²) in [6.45, 7) is 17.0. The van der Waals surface area contributed by atoms with Crippen molar-refractivity contribution >= 4 is 20.5 Å². The van der Waals surface area contributed by atoms with Crippen LogP contribution >= 0.6 is 9.24 Å². The Bertz CT molecular complexity index is 566. The number of nitrogens with one attached hydrogen (secondary N) is 2. The van der Waals surface area contributed by atoms with Gasteiger partial charge in [-0.25, -0.2) is 0 Å². The molecule has 4 N–H and O–H groups in total. The highest BCUT2D eigenvalue weighted by Gasteiger charge is 2.09. The lowest BCUT2D eigenvalue weighted by atomic mass is 10.2. The van der Waals surface area contributed by atoms with Gasteiger partial charge in [0.2, 0.25) is 0 Å². The van der Waals surface area contributed by atoms with Crippen LogP contribution in [0.15, 0.2) is 36.0 Å². The molecule has 1 aromatic carbocycles. The first kappa shape index (κ1) is 31.7. The number of nitrogens with two attached hydrogens (primary N) is 1. The van der Waals surface area contributed by atoms with Gasteiger partial charge < -0.3 is 21.3 Å². The summed E-state index contributed by atoms with van der Waals surface area (Å²) in [5.41, 5.74) is 6.76. The van der Waals surface area contributed by atoms with Gasteiger partial charge in [0.05, 0.1) is 0 Å². The van der Waals surface area contributed by atoms with Crippen molar-refractivity contribution in [2.45, 2.75) is 41.0 Å². The number of rotatable bonds is 6. The van der Waals surface area contributed by atoms with Crippen LogP contribution in [0.2, 0.25) is 0 Å². The average molecular weight is 454 g/mol. The predicted octanol–water partition coefficient (Wildman–Crippen LogP) is 2.68. The molecule has 0 aliphatic carbocycles. The Balaban J connectivity index is 0. The normalized spacial score (nSPS) is 13.6. The Morgan fingerprint density at radius 1 is 1.23 bits per heavy atom. The predicted molar refractivity (Wildman–Crippen MR) is 141 cm³/mol. The van der Waals surface area contributed by atoms with Crippen molar-refractivity contribution in [2.24, 2.45) is 5.73 Å². The third-order valence-corrected chi connectivity index (χ3v) is 4.61. The lowest BCUT2D eigenvalue weighted by molar-refractivity contribution is 0.0947. The molecule has 180 valence electrons. The number of nitrogens with zero attached hydrogens (tertiary/aromatic N) is 2. The topological polar surface area (TPSA) is 73.6 Å². The van der Waals surface area contributed by atoms with Crippen molar-refractivity contribution in [3.8, 4) is 0 Å². The summed E-state index contributed by atoms with van der Waals surface area (Å²) < 4.78 is 0. The van der Waals surface area contributed by atoms with E-state index in [1.54, 1.807) is 0 Å². The lowest BCUT2D eigenvalue weighted by Gasteiger charge is -2.27. The molecule has 1 aliphatic heterocycles. The second kappa shape index (κ2) is 21.8. The Hall–Kier alpha value is -1.46. The third kappa shape index (κ3) is 20.2. The molecule has 1 aromatic rings. The summed E-state index contributed by atoms with van der Waals surface area (Å²) in [7, 11) is 6.79. The van der Waals surface area contributed by atoms with E-state index in [1.807, 2.05) is 58.0 Å². The van der Waals surface area contributed by atoms with E-state index in [4.69, 9.17) is 5.73 Å². The number of benzene rings is 1. The summed E-state index contributed by atoms with van der Waals surface area (Å²) in [6, 6.07) is 7.55. The summed E-state index contributed by atoms with van der Waals surface area (Å²) in [5, 5.41) is 7.36. The van der Waals surface area contributed by atoms with E-state index in [2.05, 4.69) is 50.7 Å². The number of amides is 1. The van der Waals surface area contributed by atoms with Gasteiger partial charge in [-0.05, 0) is 58.3 Å². The van der Waals surface area contributed by atoms with E-state index in [9.17, 15) is 4.79 Å². The Kier molecular flexibility index (Phi) is 22.3. The first-order chi connectivity index (χ1) is 14.8. The van der Waals surface area contributed by atoms with Crippen molar-refractivity contribution < 1.29 is 4.79 Å². The average Bonchev–Trinajstić information content (AvgIpc) is 2.77. The SMILES string of the molecule is C/C=C(\C)N.CC.CCCN(C)C.O=C(NCCN1CCNCC1)c1ccc(P)cc1. The second-order valence-corrected chi connectivity index (χ2v) is 7.97. The first-order valence-electron chi connectivity index (χ1n) is 11.4. The highest BCUT2D eigenvalue weighted by atomic mass is 31.0. The first-order valence-corrected chi connectivity index (χ1v) is 12.0. The summed E-state index contributed by atoms with van der Waals surface area (Å²) in [6.07, 6.45) is 3.12. The molecule has 7 heteroatoms. The monoisotopic (exact) mass is 453 g/mol. The van der Waals surface area contributed by atoms with Gasteiger partial charge in [-0.1, -0.05) is 39.0 Å². The number of carbonyl (C=O) groups excluding carboxylic acids is 1. The Morgan fingerprint density at radius 3 is 2.13 bits per heavy atom. The minimum atomic E-state index is 0.00938. The maximum absolute atomic E-state index is 11.8. The van der Waals surface area contributed by atoms with Gasteiger partial charge >= 0.3 is 0 Å². The van der Waals surface area contributed by atoms with Gasteiger partial charge in [0, 0.05) is 50.5 Å². The molecule has 1 amide bonds. The van der Waals surface area contributed by atoms with E-state index >= 15 is 0 Å². The van der Waals surface area contributed by atoms with Gasteiger partial charge in [-0.2, -0.15) is 0 Å². The highest BCUT2D eigenvalue weighted by Crippen LogP contribution is 1.99. The van der Waals surface area contributed by atoms with Crippen LogP contribution in [0.25, 0.3) is 0 Å². The molecule has 0 radical (unpaired) electrons. The van der Waals surface area contributed by atoms with Gasteiger partial charge in [0.25, 0.3) is 5.91 Å². The molecule has 1 atom stereocenters. The van der Waals surface area contributed by atoms with Crippen molar-refractivity contribution in [1.82, 2.24) is 20.4 Å². The quantitative estimate of drug-likeness (QED) is 0.578. The molecule has 1 saturated heterocycles. The van der Waals surface area contributed by atoms with Crippen molar-refractivity contribution in [3.05, 3.63) is 41.6 Å². The van der Waals surface area contributed by atoms with Gasteiger partial charge in [0.1, 0.15) is 0 Å². The molecular weight excluding hydrogens is 405 g/mol. The molecule has 1 heterocycles. The van der Waals surface area contributed by atoms with Crippen molar-refractivity contribution in [2.75, 3.05) is 59.9 Å². The standard InChI is InChI=1S/C13H20N3OP.C5H13N.C4H9N.C2H6/c17-13(11-1-3-12(18)4-2-11)15-7-10-16-8-5-14-6-9-16;1-4-5-6(2)3;1-3-4(2)5;1-2/h1-4,14H,5-10,18H2,(H,15,17);4-5H2,1-3H3;3H,5H2,1-2H3;1-2H3/b;;4-3+;. The fourth-order valence-electron chi connectivity index (χ4n) is 2.45. The molecule has 1 aliphatic rings. The van der Waals surface area contributed by atoms with Gasteiger partial charge in [0.15, 0.2) is 0 Å². The molecule has 0 spiro atoms. The number of allylic oxidation sites excluding steroid dienone is 2. The molecule has 0 bridgehead atoms. The van der Waals surface area contributed by atoms with Crippen LogP contribution in [0.5, 0.6) is 0 Å². The van der Waals surface area contributed by atoms with Gasteiger partial charge in [-0.3, -0.25) is 9.69 Å². The maximum Gasteiger partial charge on any atom is 0.251 e. The van der Waals surface area contributed by atoms with Crippen LogP contribution in [-0.4, -0.2) is 75.6 Å². The van der Waals surface area contributed by atoms with Crippen LogP contribution in [0.3, 0.4) is 0 Å². The van der Waals surface area contributed by atoms with Crippen molar-refractivity contribution in [3.63, 3.8) is 0 Å². The van der Waals surface area contributed by atoms with Crippen LogP contribution in [0.4, 0.5) is 0 Å². The zero-order valence-corrected chi connectivity index (χ0v) is 22.2. The zero-order chi connectivity index (χ0) is 24.1. The molecule has 6 nitrogen and oxygen atoms in total. The second-order valence-electron chi connectivity index (χ2n) is 7.31. The largest absolute Gasteiger partial charge is 0.403 e. The molecule has 2 rings (SSSR count). The highest BCUT2D eigenvalue weighted by molar-refractivity contribution is 7.27. The fourth-order valence-corrected chi connectivity index (χ4v) is 2.64. The number of hydrogen-bond donors (Lipinski definition) is 3. The Labute approximate surface area is 194 Å². The summed E-state index contributed by atoms with van der Waals surface area (Å²) >= 11 is 0. The number of hydrogen-bond acceptors (Lipinski definition) is 5.